The van der Waals surface area contributed by atoms with Crippen LogP contribution in [0, 0.1) is 0 Å². The first kappa shape index (κ1) is 39.7. The van der Waals surface area contributed by atoms with E-state index in [-0.39, 0.29) is 10.8 Å². The number of hydrogen-bond acceptors (Lipinski definition) is 2. The van der Waals surface area contributed by atoms with Gasteiger partial charge < -0.3 is 19.2 Å². The summed E-state index contributed by atoms with van der Waals surface area (Å²) in [5, 5.41) is 29.6. The van der Waals surface area contributed by atoms with E-state index < -0.39 is 7.12 Å². The molecule has 2 aliphatic heterocycles. The summed E-state index contributed by atoms with van der Waals surface area (Å²) < 4.78 is 4.81. The Kier molecular flexibility index (Phi) is 8.52. The molecule has 4 nitrogen and oxygen atoms in total. The summed E-state index contributed by atoms with van der Waals surface area (Å²) >= 11 is 0. The molecule has 0 aliphatic carbocycles. The fourth-order valence-electron chi connectivity index (χ4n) is 12.0. The minimum atomic E-state index is -1.46. The molecule has 0 saturated heterocycles. The van der Waals surface area contributed by atoms with Gasteiger partial charge >= 0.3 is 7.12 Å². The van der Waals surface area contributed by atoms with Gasteiger partial charge in [-0.15, -0.1) is 0 Å². The molecule has 0 radical (unpaired) electrons. The van der Waals surface area contributed by atoms with Gasteiger partial charge in [0.2, 0.25) is 0 Å². The van der Waals surface area contributed by atoms with Crippen LogP contribution in [0.2, 0.25) is 0 Å². The van der Waals surface area contributed by atoms with Crippen LogP contribution in [0.1, 0.15) is 49.9 Å². The topological polar surface area (TPSA) is 50.3 Å². The zero-order valence-corrected chi connectivity index (χ0v) is 37.9. The van der Waals surface area contributed by atoms with Gasteiger partial charge in [-0.2, -0.15) is 0 Å². The molecule has 0 amide bonds. The van der Waals surface area contributed by atoms with Crippen LogP contribution in [-0.2, 0) is 10.8 Å². The molecule has 2 aromatic heterocycles. The molecule has 12 aromatic rings. The van der Waals surface area contributed by atoms with E-state index in [1.165, 1.54) is 110 Å². The highest BCUT2D eigenvalue weighted by atomic mass is 16.4. The van der Waals surface area contributed by atoms with Gasteiger partial charge in [0.15, 0.2) is 0 Å². The lowest BCUT2D eigenvalue weighted by Gasteiger charge is -2.35. The van der Waals surface area contributed by atoms with Crippen molar-refractivity contribution in [2.75, 3.05) is 0 Å². The Balaban J connectivity index is 0.000000152. The normalized spacial score (nSPS) is 14.1. The number of nitrogens with zero attached hydrogens (tertiary/aromatic N) is 2. The standard InChI is InChI=1S/C41H29N.C21H18BNO2/c1-41(2)34-21-12-20-33-28-15-10-11-22-36(28)42(40(33)34)37-24-23-27(25-35(37)41)39-31-18-8-6-16-29(31)38(26-13-4-3-5-14-26)30-17-7-9-19-32(30)39;1-21(2)16-8-5-7-15-14-6-3-4-9-18(14)23(20(15)16)19-11-10-13(22(24)25)12-17(19)21/h3-25H,1-2H3;3-12,24-25H,1-2H3. The van der Waals surface area contributed by atoms with Gasteiger partial charge in [0.1, 0.15) is 0 Å². The first-order valence-corrected chi connectivity index (χ1v) is 23.3. The number of benzene rings is 10. The average molecular weight is 863 g/mol. The quantitative estimate of drug-likeness (QED) is 0.137. The minimum Gasteiger partial charge on any atom is -0.423 e. The molecule has 0 unspecified atom stereocenters. The van der Waals surface area contributed by atoms with E-state index in [0.29, 0.717) is 5.46 Å². The summed E-state index contributed by atoms with van der Waals surface area (Å²) in [6.07, 6.45) is 0. The van der Waals surface area contributed by atoms with Crippen molar-refractivity contribution in [2.24, 2.45) is 0 Å². The number of para-hydroxylation sites is 4. The smallest absolute Gasteiger partial charge is 0.423 e. The van der Waals surface area contributed by atoms with Crippen LogP contribution in [0.4, 0.5) is 0 Å². The Morgan fingerprint density at radius 1 is 0.343 bits per heavy atom. The zero-order chi connectivity index (χ0) is 45.3. The van der Waals surface area contributed by atoms with Crippen LogP contribution in [-0.4, -0.2) is 26.3 Å². The van der Waals surface area contributed by atoms with Gasteiger partial charge in [-0.25, -0.2) is 0 Å². The predicted molar refractivity (Wildman–Crippen MR) is 282 cm³/mol. The van der Waals surface area contributed by atoms with Crippen molar-refractivity contribution in [1.29, 1.82) is 0 Å². The molecule has 10 aromatic carbocycles. The first-order valence-electron chi connectivity index (χ1n) is 23.3. The van der Waals surface area contributed by atoms with Gasteiger partial charge in [0.25, 0.3) is 0 Å². The molecular weight excluding hydrogens is 816 g/mol. The Hall–Kier alpha value is -7.70. The maximum atomic E-state index is 9.62. The Morgan fingerprint density at radius 2 is 0.746 bits per heavy atom. The predicted octanol–water partition coefficient (Wildman–Crippen LogP) is 14.2. The van der Waals surface area contributed by atoms with Gasteiger partial charge in [0, 0.05) is 32.4 Å². The number of hydrogen-bond donors (Lipinski definition) is 2. The van der Waals surface area contributed by atoms with E-state index in [0.717, 1.165) is 11.3 Å². The third-order valence-corrected chi connectivity index (χ3v) is 15.2. The molecule has 2 aliphatic rings. The SMILES string of the molecule is CC1(C)c2cc(-c3c4ccccc4c(-c4ccccc4)c4ccccc34)ccc2-n2c3ccccc3c3cccc1c32.CC1(C)c2cc(B(O)O)ccc2-n2c3ccccc3c3cccc1c32. The van der Waals surface area contributed by atoms with Crippen LogP contribution in [0.3, 0.4) is 0 Å². The van der Waals surface area contributed by atoms with E-state index in [1.54, 1.807) is 6.07 Å². The van der Waals surface area contributed by atoms with Gasteiger partial charge in [0.05, 0.1) is 33.4 Å². The molecule has 0 bridgehead atoms. The van der Waals surface area contributed by atoms with Crippen molar-refractivity contribution in [2.45, 2.75) is 38.5 Å². The van der Waals surface area contributed by atoms with Crippen LogP contribution < -0.4 is 5.46 Å². The molecule has 320 valence electrons. The molecule has 4 heterocycles. The molecule has 0 saturated carbocycles. The molecule has 14 rings (SSSR count). The number of rotatable bonds is 3. The lowest BCUT2D eigenvalue weighted by Crippen LogP contribution is -2.34. The Bertz CT molecular complexity index is 3970. The summed E-state index contributed by atoms with van der Waals surface area (Å²) in [6.45, 7) is 9.19. The van der Waals surface area contributed by atoms with E-state index in [4.69, 9.17) is 0 Å². The summed E-state index contributed by atoms with van der Waals surface area (Å²) in [5.74, 6) is 0. The second-order valence-corrected chi connectivity index (χ2v) is 19.4. The minimum absolute atomic E-state index is 0.148. The monoisotopic (exact) mass is 862 g/mol. The van der Waals surface area contributed by atoms with E-state index >= 15 is 0 Å². The second kappa shape index (κ2) is 14.4. The van der Waals surface area contributed by atoms with Gasteiger partial charge in [-0.3, -0.25) is 0 Å². The number of aromatic nitrogens is 2. The van der Waals surface area contributed by atoms with Crippen LogP contribution >= 0.6 is 0 Å². The third kappa shape index (κ3) is 5.56. The first-order chi connectivity index (χ1) is 32.6. The van der Waals surface area contributed by atoms with E-state index in [1.807, 2.05) is 12.1 Å². The van der Waals surface area contributed by atoms with Crippen molar-refractivity contribution in [3.63, 3.8) is 0 Å². The largest absolute Gasteiger partial charge is 0.488 e. The highest BCUT2D eigenvalue weighted by Gasteiger charge is 2.37. The van der Waals surface area contributed by atoms with Crippen molar-refractivity contribution >= 4 is 77.7 Å². The molecule has 0 atom stereocenters. The maximum Gasteiger partial charge on any atom is 0.488 e. The summed E-state index contributed by atoms with van der Waals surface area (Å²) in [6, 6.07) is 72.2. The maximum absolute atomic E-state index is 9.62. The van der Waals surface area contributed by atoms with Gasteiger partial charge in [-0.1, -0.05) is 198 Å². The zero-order valence-electron chi connectivity index (χ0n) is 37.9. The molecule has 2 N–H and O–H groups in total. The highest BCUT2D eigenvalue weighted by Crippen LogP contribution is 2.51. The third-order valence-electron chi connectivity index (χ3n) is 15.2. The molecule has 67 heavy (non-hydrogen) atoms. The van der Waals surface area contributed by atoms with Crippen molar-refractivity contribution in [1.82, 2.24) is 9.13 Å². The van der Waals surface area contributed by atoms with E-state index in [2.05, 4.69) is 219 Å². The van der Waals surface area contributed by atoms with Gasteiger partial charge in [-0.05, 0) is 102 Å². The summed E-state index contributed by atoms with van der Waals surface area (Å²) in [4.78, 5) is 0. The van der Waals surface area contributed by atoms with Crippen molar-refractivity contribution in [3.05, 3.63) is 222 Å². The number of fused-ring (bicyclic) bond motifs is 12. The van der Waals surface area contributed by atoms with Crippen LogP contribution in [0.25, 0.3) is 98.8 Å². The lowest BCUT2D eigenvalue weighted by atomic mass is 9.71. The molecule has 0 fully saturated rings. The van der Waals surface area contributed by atoms with E-state index in [9.17, 15) is 10.0 Å². The van der Waals surface area contributed by atoms with Crippen LogP contribution in [0.15, 0.2) is 200 Å². The van der Waals surface area contributed by atoms with Crippen molar-refractivity contribution < 1.29 is 10.0 Å². The Morgan fingerprint density at radius 3 is 1.24 bits per heavy atom. The molecule has 0 spiro atoms. The fraction of sp³-hybridized carbons (Fsp3) is 0.0968. The highest BCUT2D eigenvalue weighted by molar-refractivity contribution is 6.58. The summed E-state index contributed by atoms with van der Waals surface area (Å²) in [7, 11) is -1.46. The summed E-state index contributed by atoms with van der Waals surface area (Å²) in [5.41, 5.74) is 17.8. The lowest BCUT2D eigenvalue weighted by molar-refractivity contribution is 0.425. The van der Waals surface area contributed by atoms with Crippen LogP contribution in [0.5, 0.6) is 0 Å². The fourth-order valence-corrected chi connectivity index (χ4v) is 12.0. The molecule has 5 heteroatoms. The average Bonchev–Trinajstić information content (AvgIpc) is 3.88. The molecular formula is C62H47BN2O2. The van der Waals surface area contributed by atoms with Crippen molar-refractivity contribution in [3.8, 4) is 33.6 Å². The Labute approximate surface area is 389 Å². The second-order valence-electron chi connectivity index (χ2n) is 19.4.